The highest BCUT2D eigenvalue weighted by atomic mass is 19.1. The van der Waals surface area contributed by atoms with Gasteiger partial charge in [-0.05, 0) is 80.4 Å². The largest absolute Gasteiger partial charge is 0.370 e. The lowest BCUT2D eigenvalue weighted by atomic mass is 9.98. The Labute approximate surface area is 204 Å². The first-order valence-corrected chi connectivity index (χ1v) is 12.5. The van der Waals surface area contributed by atoms with Gasteiger partial charge in [0.25, 0.3) is 0 Å². The molecule has 0 atom stereocenters. The standard InChI is InChI=1S/C27H30FN7/c28-23-13-19(4-7-21(23)24-3-1-2-10-30-24)16-32-26-14-25(31-15-18-8-11-29-12-9-18)34-27-22(20-5-6-20)17-33-35(26)27/h1-4,7,10,13-14,17-18,20,29,32H,5-6,8-9,11-12,15-16H2,(H,31,34). The Hall–Kier alpha value is -3.52. The number of anilines is 2. The SMILES string of the molecule is Fc1cc(CNc2cc(NCC3CCNCC3)nc3c(C4CC4)cnn23)ccc1-c1ccccn1. The number of halogens is 1. The van der Waals surface area contributed by atoms with Gasteiger partial charge in [0, 0.05) is 36.5 Å². The quantitative estimate of drug-likeness (QED) is 0.342. The Balaban J connectivity index is 1.23. The second-order valence-corrected chi connectivity index (χ2v) is 9.59. The lowest BCUT2D eigenvalue weighted by Gasteiger charge is -2.23. The van der Waals surface area contributed by atoms with E-state index in [0.29, 0.717) is 29.6 Å². The van der Waals surface area contributed by atoms with Crippen molar-refractivity contribution in [2.45, 2.75) is 38.1 Å². The van der Waals surface area contributed by atoms with Gasteiger partial charge in [-0.2, -0.15) is 9.61 Å². The summed E-state index contributed by atoms with van der Waals surface area (Å²) in [6.07, 6.45) is 8.38. The van der Waals surface area contributed by atoms with Crippen LogP contribution in [0.5, 0.6) is 0 Å². The topological polar surface area (TPSA) is 79.2 Å². The molecule has 1 aliphatic heterocycles. The van der Waals surface area contributed by atoms with E-state index >= 15 is 0 Å². The normalized spacial score (nSPS) is 16.5. The fourth-order valence-electron chi connectivity index (χ4n) is 4.80. The molecule has 35 heavy (non-hydrogen) atoms. The first-order valence-electron chi connectivity index (χ1n) is 12.5. The first kappa shape index (κ1) is 22.0. The smallest absolute Gasteiger partial charge is 0.163 e. The van der Waals surface area contributed by atoms with Crippen molar-refractivity contribution in [3.05, 3.63) is 71.8 Å². The number of fused-ring (bicyclic) bond motifs is 1. The van der Waals surface area contributed by atoms with Crippen LogP contribution in [0.4, 0.5) is 16.0 Å². The summed E-state index contributed by atoms with van der Waals surface area (Å²) >= 11 is 0. The van der Waals surface area contributed by atoms with Crippen LogP contribution in [0.25, 0.3) is 16.9 Å². The molecule has 3 aromatic heterocycles. The molecule has 1 aliphatic carbocycles. The minimum Gasteiger partial charge on any atom is -0.370 e. The minimum atomic E-state index is -0.276. The van der Waals surface area contributed by atoms with Crippen molar-refractivity contribution >= 4 is 17.3 Å². The fourth-order valence-corrected chi connectivity index (χ4v) is 4.80. The molecule has 0 unspecified atom stereocenters. The summed E-state index contributed by atoms with van der Waals surface area (Å²) in [6.45, 7) is 3.55. The summed E-state index contributed by atoms with van der Waals surface area (Å²) in [5.74, 6) is 2.64. The van der Waals surface area contributed by atoms with Crippen molar-refractivity contribution in [2.75, 3.05) is 30.3 Å². The summed E-state index contributed by atoms with van der Waals surface area (Å²) in [6, 6.07) is 12.8. The Bertz CT molecular complexity index is 1310. The predicted octanol–water partition coefficient (Wildman–Crippen LogP) is 4.83. The summed E-state index contributed by atoms with van der Waals surface area (Å²) in [5, 5.41) is 15.1. The molecule has 4 aromatic rings. The molecule has 0 bridgehead atoms. The Morgan fingerprint density at radius 1 is 1.03 bits per heavy atom. The predicted molar refractivity (Wildman–Crippen MR) is 136 cm³/mol. The lowest BCUT2D eigenvalue weighted by Crippen LogP contribution is -2.31. The van der Waals surface area contributed by atoms with Gasteiger partial charge in [-0.25, -0.2) is 9.37 Å². The van der Waals surface area contributed by atoms with Crippen molar-refractivity contribution in [1.29, 1.82) is 0 Å². The maximum atomic E-state index is 14.8. The summed E-state index contributed by atoms with van der Waals surface area (Å²) in [5.41, 5.74) is 4.11. The van der Waals surface area contributed by atoms with E-state index < -0.39 is 0 Å². The first-order chi connectivity index (χ1) is 17.2. The van der Waals surface area contributed by atoms with Crippen molar-refractivity contribution in [2.24, 2.45) is 5.92 Å². The molecule has 1 aromatic carbocycles. The van der Waals surface area contributed by atoms with E-state index in [-0.39, 0.29) is 5.82 Å². The van der Waals surface area contributed by atoms with E-state index in [4.69, 9.17) is 4.98 Å². The van der Waals surface area contributed by atoms with Gasteiger partial charge in [-0.1, -0.05) is 12.1 Å². The maximum Gasteiger partial charge on any atom is 0.163 e. The van der Waals surface area contributed by atoms with Gasteiger partial charge in [0.2, 0.25) is 0 Å². The number of aromatic nitrogens is 4. The van der Waals surface area contributed by atoms with Gasteiger partial charge >= 0.3 is 0 Å². The van der Waals surface area contributed by atoms with Crippen molar-refractivity contribution in [1.82, 2.24) is 24.9 Å². The minimum absolute atomic E-state index is 0.276. The molecular formula is C27H30FN7. The summed E-state index contributed by atoms with van der Waals surface area (Å²) in [4.78, 5) is 9.19. The van der Waals surface area contributed by atoms with E-state index in [1.54, 1.807) is 18.3 Å². The molecule has 1 saturated heterocycles. The molecule has 3 N–H and O–H groups in total. The van der Waals surface area contributed by atoms with Crippen molar-refractivity contribution < 1.29 is 4.39 Å². The molecule has 180 valence electrons. The highest BCUT2D eigenvalue weighted by molar-refractivity contribution is 5.62. The summed E-state index contributed by atoms with van der Waals surface area (Å²) in [7, 11) is 0. The number of pyridine rings is 1. The van der Waals surface area contributed by atoms with Crippen LogP contribution in [-0.2, 0) is 6.54 Å². The third-order valence-corrected chi connectivity index (χ3v) is 6.99. The van der Waals surface area contributed by atoms with Crippen LogP contribution in [0, 0.1) is 11.7 Å². The Morgan fingerprint density at radius 3 is 2.69 bits per heavy atom. The highest BCUT2D eigenvalue weighted by Crippen LogP contribution is 2.42. The van der Waals surface area contributed by atoms with Gasteiger partial charge in [0.15, 0.2) is 5.65 Å². The zero-order chi connectivity index (χ0) is 23.6. The zero-order valence-electron chi connectivity index (χ0n) is 19.7. The third-order valence-electron chi connectivity index (χ3n) is 6.99. The molecule has 0 amide bonds. The summed E-state index contributed by atoms with van der Waals surface area (Å²) < 4.78 is 16.7. The van der Waals surface area contributed by atoms with Crippen molar-refractivity contribution in [3.8, 4) is 11.3 Å². The Kier molecular flexibility index (Phi) is 6.04. The monoisotopic (exact) mass is 471 g/mol. The van der Waals surface area contributed by atoms with Crippen molar-refractivity contribution in [3.63, 3.8) is 0 Å². The molecule has 8 heteroatoms. The number of hydrogen-bond acceptors (Lipinski definition) is 6. The average Bonchev–Trinajstić information content (AvgIpc) is 3.66. The molecule has 2 aliphatic rings. The van der Waals surface area contributed by atoms with Crippen LogP contribution in [0.2, 0.25) is 0 Å². The van der Waals surface area contributed by atoms with E-state index in [2.05, 4.69) is 26.0 Å². The second kappa shape index (κ2) is 9.62. The van der Waals surface area contributed by atoms with Crippen LogP contribution in [0.1, 0.15) is 42.7 Å². The Morgan fingerprint density at radius 2 is 1.91 bits per heavy atom. The highest BCUT2D eigenvalue weighted by Gasteiger charge is 2.28. The van der Waals surface area contributed by atoms with Crippen LogP contribution in [-0.4, -0.2) is 39.2 Å². The molecule has 2 fully saturated rings. The lowest BCUT2D eigenvalue weighted by molar-refractivity contribution is 0.389. The molecule has 6 rings (SSSR count). The number of hydrogen-bond donors (Lipinski definition) is 3. The van der Waals surface area contributed by atoms with Gasteiger partial charge in [0.05, 0.1) is 11.9 Å². The fraction of sp³-hybridized carbons (Fsp3) is 0.370. The number of rotatable bonds is 8. The van der Waals surface area contributed by atoms with Crippen LogP contribution < -0.4 is 16.0 Å². The molecule has 0 spiro atoms. The van der Waals surface area contributed by atoms with Gasteiger partial charge in [-0.15, -0.1) is 0 Å². The molecular weight excluding hydrogens is 441 g/mol. The zero-order valence-corrected chi connectivity index (χ0v) is 19.7. The molecule has 1 saturated carbocycles. The molecule has 0 radical (unpaired) electrons. The van der Waals surface area contributed by atoms with Crippen LogP contribution >= 0.6 is 0 Å². The second-order valence-electron chi connectivity index (χ2n) is 9.59. The van der Waals surface area contributed by atoms with Crippen LogP contribution in [0.15, 0.2) is 54.9 Å². The van der Waals surface area contributed by atoms with Crippen LogP contribution in [0.3, 0.4) is 0 Å². The number of nitrogens with one attached hydrogen (secondary N) is 3. The van der Waals surface area contributed by atoms with E-state index in [0.717, 1.165) is 42.5 Å². The third kappa shape index (κ3) is 4.84. The maximum absolute atomic E-state index is 14.8. The molecule has 7 nitrogen and oxygen atoms in total. The van der Waals surface area contributed by atoms with E-state index in [1.807, 2.05) is 41.0 Å². The van der Waals surface area contributed by atoms with Gasteiger partial charge < -0.3 is 16.0 Å². The number of nitrogens with zero attached hydrogens (tertiary/aromatic N) is 4. The van der Waals surface area contributed by atoms with E-state index in [1.165, 1.54) is 31.2 Å². The average molecular weight is 472 g/mol. The van der Waals surface area contributed by atoms with Gasteiger partial charge in [-0.3, -0.25) is 4.98 Å². The van der Waals surface area contributed by atoms with E-state index in [9.17, 15) is 4.39 Å². The van der Waals surface area contributed by atoms with Gasteiger partial charge in [0.1, 0.15) is 17.5 Å². The number of piperidine rings is 1. The molecule has 4 heterocycles. The number of benzene rings is 1.